The lowest BCUT2D eigenvalue weighted by Crippen LogP contribution is -2.13. The van der Waals surface area contributed by atoms with Crippen LogP contribution in [0.3, 0.4) is 0 Å². The number of rotatable bonds is 3. The van der Waals surface area contributed by atoms with Crippen LogP contribution in [0.5, 0.6) is 0 Å². The normalized spacial score (nSPS) is 12.5. The van der Waals surface area contributed by atoms with Crippen molar-refractivity contribution >= 4 is 17.4 Å². The Bertz CT molecular complexity index is 289. The molecule has 1 rings (SSSR count). The monoisotopic (exact) mass is 196 g/mol. The average Bonchev–Trinajstić information content (AvgIpc) is 2.08. The molecule has 0 amide bonds. The van der Waals surface area contributed by atoms with Crippen LogP contribution in [0.4, 0.5) is 0 Å². The number of benzene rings is 1. The van der Waals surface area contributed by atoms with Gasteiger partial charge in [-0.25, -0.2) is 0 Å². The zero-order chi connectivity index (χ0) is 9.84. The molecule has 1 atom stereocenters. The zero-order valence-corrected chi connectivity index (χ0v) is 8.64. The number of halogens is 1. The van der Waals surface area contributed by atoms with E-state index in [1.165, 1.54) is 12.5 Å². The van der Waals surface area contributed by atoms with Crippen LogP contribution < -0.4 is 0 Å². The number of Topliss-reactive ketones (excluding diaryl/α,β-unsaturated/α-hetero) is 1. The van der Waals surface area contributed by atoms with Crippen molar-refractivity contribution in [3.05, 3.63) is 35.4 Å². The molecule has 0 bridgehead atoms. The maximum Gasteiger partial charge on any atom is 0.147 e. The summed E-state index contributed by atoms with van der Waals surface area (Å²) in [6.07, 6.45) is 0.622. The van der Waals surface area contributed by atoms with Gasteiger partial charge in [0.25, 0.3) is 0 Å². The molecular formula is C11H13ClO. The first-order chi connectivity index (χ1) is 6.09. The predicted molar refractivity (Wildman–Crippen MR) is 55.2 cm³/mol. The van der Waals surface area contributed by atoms with Crippen LogP contribution in [0, 0.1) is 6.92 Å². The molecule has 0 N–H and O–H groups in total. The molecule has 0 radical (unpaired) electrons. The number of hydrogen-bond donors (Lipinski definition) is 0. The van der Waals surface area contributed by atoms with Gasteiger partial charge in [-0.15, -0.1) is 11.6 Å². The molecule has 0 fully saturated rings. The highest BCUT2D eigenvalue weighted by Crippen LogP contribution is 2.10. The molecule has 0 saturated heterocycles. The fourth-order valence-corrected chi connectivity index (χ4v) is 1.25. The summed E-state index contributed by atoms with van der Waals surface area (Å²) in [5.74, 6) is 0.0299. The first kappa shape index (κ1) is 10.3. The van der Waals surface area contributed by atoms with Crippen LogP contribution in [-0.4, -0.2) is 11.2 Å². The quantitative estimate of drug-likeness (QED) is 0.680. The summed E-state index contributed by atoms with van der Waals surface area (Å²) in [4.78, 5) is 10.9. The Kier molecular flexibility index (Phi) is 3.49. The van der Waals surface area contributed by atoms with Crippen molar-refractivity contribution in [2.75, 3.05) is 0 Å². The van der Waals surface area contributed by atoms with Crippen molar-refractivity contribution in [2.24, 2.45) is 0 Å². The van der Waals surface area contributed by atoms with E-state index >= 15 is 0 Å². The standard InChI is InChI=1S/C11H13ClO/c1-8-3-5-10(6-4-8)7-11(12)9(2)13/h3-6,11H,7H2,1-2H3/t11-/m1/s1. The summed E-state index contributed by atoms with van der Waals surface area (Å²) in [7, 11) is 0. The third-order valence-electron chi connectivity index (χ3n) is 1.98. The second-order valence-electron chi connectivity index (χ2n) is 3.27. The lowest BCUT2D eigenvalue weighted by molar-refractivity contribution is -0.116. The smallest absolute Gasteiger partial charge is 0.147 e. The Morgan fingerprint density at radius 2 is 1.92 bits per heavy atom. The number of alkyl halides is 1. The summed E-state index contributed by atoms with van der Waals surface area (Å²) >= 11 is 5.84. The Labute approximate surface area is 83.7 Å². The van der Waals surface area contributed by atoms with Gasteiger partial charge in [0.15, 0.2) is 0 Å². The molecule has 1 aromatic rings. The largest absolute Gasteiger partial charge is 0.298 e. The molecular weight excluding hydrogens is 184 g/mol. The molecule has 0 aromatic heterocycles. The second-order valence-corrected chi connectivity index (χ2v) is 3.79. The molecule has 70 valence electrons. The summed E-state index contributed by atoms with van der Waals surface area (Å²) in [5, 5.41) is -0.386. The highest BCUT2D eigenvalue weighted by atomic mass is 35.5. The van der Waals surface area contributed by atoms with Crippen LogP contribution in [0.1, 0.15) is 18.1 Å². The van der Waals surface area contributed by atoms with E-state index in [0.29, 0.717) is 6.42 Å². The highest BCUT2D eigenvalue weighted by molar-refractivity contribution is 6.30. The lowest BCUT2D eigenvalue weighted by atomic mass is 10.1. The van der Waals surface area contributed by atoms with Gasteiger partial charge in [0.05, 0.1) is 5.38 Å². The average molecular weight is 197 g/mol. The highest BCUT2D eigenvalue weighted by Gasteiger charge is 2.10. The minimum atomic E-state index is -0.386. The first-order valence-corrected chi connectivity index (χ1v) is 4.73. The molecule has 0 aliphatic heterocycles. The van der Waals surface area contributed by atoms with Crippen LogP contribution in [0.25, 0.3) is 0 Å². The van der Waals surface area contributed by atoms with Gasteiger partial charge >= 0.3 is 0 Å². The van der Waals surface area contributed by atoms with Crippen LogP contribution in [0.2, 0.25) is 0 Å². The summed E-state index contributed by atoms with van der Waals surface area (Å²) in [5.41, 5.74) is 2.33. The van der Waals surface area contributed by atoms with Crippen molar-refractivity contribution in [1.29, 1.82) is 0 Å². The Hall–Kier alpha value is -0.820. The maximum atomic E-state index is 10.9. The van der Waals surface area contributed by atoms with Gasteiger partial charge in [-0.05, 0) is 25.8 Å². The predicted octanol–water partition coefficient (Wildman–Crippen LogP) is 2.73. The fraction of sp³-hybridized carbons (Fsp3) is 0.364. The Morgan fingerprint density at radius 3 is 2.38 bits per heavy atom. The van der Waals surface area contributed by atoms with Gasteiger partial charge in [-0.1, -0.05) is 29.8 Å². The molecule has 0 unspecified atom stereocenters. The first-order valence-electron chi connectivity index (χ1n) is 4.29. The number of aryl methyl sites for hydroxylation is 1. The number of carbonyl (C=O) groups excluding carboxylic acids is 1. The molecule has 1 nitrogen and oxygen atoms in total. The number of carbonyl (C=O) groups is 1. The molecule has 1 aromatic carbocycles. The number of hydrogen-bond acceptors (Lipinski definition) is 1. The van der Waals surface area contributed by atoms with Gasteiger partial charge in [0, 0.05) is 0 Å². The molecule has 0 aliphatic carbocycles. The molecule has 2 heteroatoms. The van der Waals surface area contributed by atoms with Gasteiger partial charge in [-0.2, -0.15) is 0 Å². The molecule has 0 spiro atoms. The molecule has 0 saturated carbocycles. The van der Waals surface area contributed by atoms with E-state index in [-0.39, 0.29) is 11.2 Å². The van der Waals surface area contributed by atoms with Crippen molar-refractivity contribution in [1.82, 2.24) is 0 Å². The third kappa shape index (κ3) is 3.19. The Balaban J connectivity index is 2.64. The van der Waals surface area contributed by atoms with E-state index in [1.807, 2.05) is 31.2 Å². The van der Waals surface area contributed by atoms with Gasteiger partial charge < -0.3 is 0 Å². The van der Waals surface area contributed by atoms with Gasteiger partial charge in [-0.3, -0.25) is 4.79 Å². The molecule has 13 heavy (non-hydrogen) atoms. The minimum Gasteiger partial charge on any atom is -0.298 e. The van der Waals surface area contributed by atoms with Crippen LogP contribution >= 0.6 is 11.6 Å². The van der Waals surface area contributed by atoms with E-state index in [9.17, 15) is 4.79 Å². The van der Waals surface area contributed by atoms with Crippen LogP contribution in [-0.2, 0) is 11.2 Å². The molecule has 0 heterocycles. The van der Waals surface area contributed by atoms with E-state index in [0.717, 1.165) is 5.56 Å². The SMILES string of the molecule is CC(=O)[C@H](Cl)Cc1ccc(C)cc1. The van der Waals surface area contributed by atoms with Gasteiger partial charge in [0.2, 0.25) is 0 Å². The van der Waals surface area contributed by atoms with Crippen molar-refractivity contribution in [3.63, 3.8) is 0 Å². The van der Waals surface area contributed by atoms with E-state index in [4.69, 9.17) is 11.6 Å². The summed E-state index contributed by atoms with van der Waals surface area (Å²) in [6.45, 7) is 3.55. The summed E-state index contributed by atoms with van der Waals surface area (Å²) < 4.78 is 0. The van der Waals surface area contributed by atoms with E-state index in [2.05, 4.69) is 0 Å². The fourth-order valence-electron chi connectivity index (χ4n) is 1.07. The minimum absolute atomic E-state index is 0.0299. The van der Waals surface area contributed by atoms with Crippen molar-refractivity contribution in [3.8, 4) is 0 Å². The third-order valence-corrected chi connectivity index (χ3v) is 2.44. The lowest BCUT2D eigenvalue weighted by Gasteiger charge is -2.05. The number of ketones is 1. The maximum absolute atomic E-state index is 10.9. The summed E-state index contributed by atoms with van der Waals surface area (Å²) in [6, 6.07) is 8.07. The zero-order valence-electron chi connectivity index (χ0n) is 7.88. The van der Waals surface area contributed by atoms with Gasteiger partial charge in [0.1, 0.15) is 5.78 Å². The van der Waals surface area contributed by atoms with Crippen molar-refractivity contribution in [2.45, 2.75) is 25.6 Å². The van der Waals surface area contributed by atoms with E-state index < -0.39 is 0 Å². The Morgan fingerprint density at radius 1 is 1.38 bits per heavy atom. The van der Waals surface area contributed by atoms with Crippen LogP contribution in [0.15, 0.2) is 24.3 Å². The van der Waals surface area contributed by atoms with E-state index in [1.54, 1.807) is 0 Å². The molecule has 0 aliphatic rings. The topological polar surface area (TPSA) is 17.1 Å². The van der Waals surface area contributed by atoms with Crippen molar-refractivity contribution < 1.29 is 4.79 Å². The second kappa shape index (κ2) is 4.43.